The number of hydrogen-bond acceptors (Lipinski definition) is 4. The molecule has 0 radical (unpaired) electrons. The number of rotatable bonds is 4. The molecule has 0 atom stereocenters. The van der Waals surface area contributed by atoms with Crippen LogP contribution in [0.5, 0.6) is 11.6 Å². The molecule has 0 N–H and O–H groups in total. The summed E-state index contributed by atoms with van der Waals surface area (Å²) in [6, 6.07) is 3.39. The van der Waals surface area contributed by atoms with E-state index >= 15 is 0 Å². The van der Waals surface area contributed by atoms with E-state index in [0.717, 1.165) is 12.8 Å². The number of carbonyl (C=O) groups is 1. The maximum absolute atomic E-state index is 10.7. The molecule has 1 aliphatic carbocycles. The predicted molar refractivity (Wildman–Crippen MR) is 63.7 cm³/mol. The Morgan fingerprint density at radius 1 is 1.35 bits per heavy atom. The highest BCUT2D eigenvalue weighted by Gasteiger charge is 2.26. The second kappa shape index (κ2) is 4.35. The lowest BCUT2D eigenvalue weighted by molar-refractivity contribution is 0.108. The number of hydrogen-bond donors (Lipinski definition) is 0. The first kappa shape index (κ1) is 11.9. The van der Waals surface area contributed by atoms with Crippen molar-refractivity contribution in [1.82, 2.24) is 4.98 Å². The Morgan fingerprint density at radius 3 is 2.59 bits per heavy atom. The standard InChI is InChI=1S/C13H17NO3/c1-13(2,3)17-12-11(16-10-5-6-10)7-4-9(8-15)14-12/h4,7-8,10H,5-6H2,1-3H3. The van der Waals surface area contributed by atoms with Crippen LogP contribution in [0.2, 0.25) is 0 Å². The molecule has 1 aromatic heterocycles. The van der Waals surface area contributed by atoms with Gasteiger partial charge in [-0.05, 0) is 45.7 Å². The van der Waals surface area contributed by atoms with Crippen molar-refractivity contribution in [2.75, 3.05) is 0 Å². The number of carbonyl (C=O) groups excluding carboxylic acids is 1. The maximum Gasteiger partial charge on any atom is 0.258 e. The molecule has 4 heteroatoms. The van der Waals surface area contributed by atoms with Crippen molar-refractivity contribution in [2.45, 2.75) is 45.3 Å². The highest BCUT2D eigenvalue weighted by atomic mass is 16.5. The lowest BCUT2D eigenvalue weighted by atomic mass is 10.2. The van der Waals surface area contributed by atoms with Gasteiger partial charge >= 0.3 is 0 Å². The molecular formula is C13H17NO3. The summed E-state index contributed by atoms with van der Waals surface area (Å²) < 4.78 is 11.4. The number of aldehydes is 1. The molecule has 0 saturated heterocycles. The minimum atomic E-state index is -0.365. The summed E-state index contributed by atoms with van der Waals surface area (Å²) >= 11 is 0. The minimum absolute atomic E-state index is 0.279. The molecule has 1 heterocycles. The van der Waals surface area contributed by atoms with E-state index in [-0.39, 0.29) is 11.7 Å². The Bertz CT molecular complexity index is 419. The number of pyridine rings is 1. The molecule has 0 aromatic carbocycles. The minimum Gasteiger partial charge on any atom is -0.485 e. The number of nitrogens with zero attached hydrogens (tertiary/aromatic N) is 1. The molecule has 92 valence electrons. The van der Waals surface area contributed by atoms with E-state index in [4.69, 9.17) is 9.47 Å². The highest BCUT2D eigenvalue weighted by molar-refractivity contribution is 5.72. The second-order valence-electron chi connectivity index (χ2n) is 5.19. The Labute approximate surface area is 101 Å². The van der Waals surface area contributed by atoms with Crippen molar-refractivity contribution >= 4 is 6.29 Å². The van der Waals surface area contributed by atoms with Crippen LogP contribution in [0.4, 0.5) is 0 Å². The number of ether oxygens (including phenoxy) is 2. The fourth-order valence-corrected chi connectivity index (χ4v) is 1.33. The molecule has 1 fully saturated rings. The van der Waals surface area contributed by atoms with E-state index in [1.165, 1.54) is 0 Å². The van der Waals surface area contributed by atoms with Crippen LogP contribution < -0.4 is 9.47 Å². The SMILES string of the molecule is CC(C)(C)Oc1nc(C=O)ccc1OC1CC1. The molecule has 0 aliphatic heterocycles. The average molecular weight is 235 g/mol. The van der Waals surface area contributed by atoms with Crippen molar-refractivity contribution < 1.29 is 14.3 Å². The smallest absolute Gasteiger partial charge is 0.258 e. The van der Waals surface area contributed by atoms with Crippen LogP contribution in [0.15, 0.2) is 12.1 Å². The molecule has 1 aromatic rings. The molecule has 4 nitrogen and oxygen atoms in total. The normalized spacial score (nSPS) is 15.5. The third-order valence-electron chi connectivity index (χ3n) is 2.19. The lowest BCUT2D eigenvalue weighted by Crippen LogP contribution is -2.24. The van der Waals surface area contributed by atoms with Gasteiger partial charge in [0.05, 0.1) is 6.10 Å². The maximum atomic E-state index is 10.7. The summed E-state index contributed by atoms with van der Waals surface area (Å²) in [5.74, 6) is 1.02. The van der Waals surface area contributed by atoms with Gasteiger partial charge in [0.1, 0.15) is 11.3 Å². The van der Waals surface area contributed by atoms with E-state index in [9.17, 15) is 4.79 Å². The van der Waals surface area contributed by atoms with Gasteiger partial charge in [-0.3, -0.25) is 4.79 Å². The zero-order valence-corrected chi connectivity index (χ0v) is 10.4. The third-order valence-corrected chi connectivity index (χ3v) is 2.19. The first-order valence-electron chi connectivity index (χ1n) is 5.80. The van der Waals surface area contributed by atoms with E-state index in [1.54, 1.807) is 12.1 Å². The van der Waals surface area contributed by atoms with Gasteiger partial charge in [0.15, 0.2) is 12.0 Å². The lowest BCUT2D eigenvalue weighted by Gasteiger charge is -2.22. The van der Waals surface area contributed by atoms with Crippen LogP contribution in [0.3, 0.4) is 0 Å². The summed E-state index contributed by atoms with van der Waals surface area (Å²) in [7, 11) is 0. The topological polar surface area (TPSA) is 48.4 Å². The van der Waals surface area contributed by atoms with E-state index < -0.39 is 0 Å². The summed E-state index contributed by atoms with van der Waals surface area (Å²) in [6.45, 7) is 5.80. The largest absolute Gasteiger partial charge is 0.485 e. The van der Waals surface area contributed by atoms with Crippen LogP contribution in [0, 0.1) is 0 Å². The fourth-order valence-electron chi connectivity index (χ4n) is 1.33. The zero-order valence-electron chi connectivity index (χ0n) is 10.4. The summed E-state index contributed by atoms with van der Waals surface area (Å²) in [5.41, 5.74) is -0.0108. The third kappa shape index (κ3) is 3.44. The summed E-state index contributed by atoms with van der Waals surface area (Å²) in [6.07, 6.45) is 3.13. The van der Waals surface area contributed by atoms with Gasteiger partial charge in [0, 0.05) is 0 Å². The molecule has 17 heavy (non-hydrogen) atoms. The first-order valence-corrected chi connectivity index (χ1v) is 5.80. The Kier molecular flexibility index (Phi) is 3.05. The molecule has 0 amide bonds. The van der Waals surface area contributed by atoms with Gasteiger partial charge in [0.2, 0.25) is 0 Å². The first-order chi connectivity index (χ1) is 7.98. The quantitative estimate of drug-likeness (QED) is 0.753. The van der Waals surface area contributed by atoms with Gasteiger partial charge in [0.25, 0.3) is 5.88 Å². The summed E-state index contributed by atoms with van der Waals surface area (Å²) in [4.78, 5) is 14.9. The van der Waals surface area contributed by atoms with Crippen molar-refractivity contribution in [3.63, 3.8) is 0 Å². The van der Waals surface area contributed by atoms with E-state index in [1.807, 2.05) is 20.8 Å². The van der Waals surface area contributed by atoms with Crippen LogP contribution in [-0.2, 0) is 0 Å². The van der Waals surface area contributed by atoms with Gasteiger partial charge in [-0.2, -0.15) is 0 Å². The van der Waals surface area contributed by atoms with Crippen molar-refractivity contribution in [3.8, 4) is 11.6 Å². The number of aromatic nitrogens is 1. The Hall–Kier alpha value is -1.58. The Morgan fingerprint density at radius 2 is 2.06 bits per heavy atom. The molecule has 2 rings (SSSR count). The second-order valence-corrected chi connectivity index (χ2v) is 5.19. The van der Waals surface area contributed by atoms with Gasteiger partial charge < -0.3 is 9.47 Å². The van der Waals surface area contributed by atoms with Crippen LogP contribution in [0.1, 0.15) is 44.1 Å². The fraction of sp³-hybridized carbons (Fsp3) is 0.538. The van der Waals surface area contributed by atoms with E-state index in [0.29, 0.717) is 23.6 Å². The molecule has 1 saturated carbocycles. The Balaban J connectivity index is 2.25. The average Bonchev–Trinajstić information content (AvgIpc) is 3.02. The molecule has 1 aliphatic rings. The van der Waals surface area contributed by atoms with Crippen molar-refractivity contribution in [1.29, 1.82) is 0 Å². The van der Waals surface area contributed by atoms with Crippen LogP contribution in [-0.4, -0.2) is 23.0 Å². The molecule has 0 spiro atoms. The molecule has 0 unspecified atom stereocenters. The van der Waals surface area contributed by atoms with Gasteiger partial charge in [-0.15, -0.1) is 0 Å². The van der Waals surface area contributed by atoms with Crippen molar-refractivity contribution in [2.24, 2.45) is 0 Å². The molecular weight excluding hydrogens is 218 g/mol. The zero-order chi connectivity index (χ0) is 12.5. The van der Waals surface area contributed by atoms with Crippen LogP contribution >= 0.6 is 0 Å². The van der Waals surface area contributed by atoms with Crippen molar-refractivity contribution in [3.05, 3.63) is 17.8 Å². The van der Waals surface area contributed by atoms with Gasteiger partial charge in [-0.1, -0.05) is 0 Å². The molecule has 0 bridgehead atoms. The summed E-state index contributed by atoms with van der Waals surface area (Å²) in [5, 5.41) is 0. The predicted octanol–water partition coefficient (Wildman–Crippen LogP) is 2.61. The van der Waals surface area contributed by atoms with Gasteiger partial charge in [-0.25, -0.2) is 4.98 Å². The monoisotopic (exact) mass is 235 g/mol. The van der Waals surface area contributed by atoms with E-state index in [2.05, 4.69) is 4.98 Å². The highest BCUT2D eigenvalue weighted by Crippen LogP contribution is 2.33. The van der Waals surface area contributed by atoms with Crippen LogP contribution in [0.25, 0.3) is 0 Å².